The Hall–Kier alpha value is -2.67. The van der Waals surface area contributed by atoms with Crippen LogP contribution in [-0.2, 0) is 11.2 Å². The van der Waals surface area contributed by atoms with Crippen LogP contribution in [0.25, 0.3) is 5.65 Å². The van der Waals surface area contributed by atoms with Gasteiger partial charge in [-0.15, -0.1) is 10.2 Å². The number of rotatable bonds is 5. The number of ether oxygens (including phenoxy) is 1. The zero-order valence-electron chi connectivity index (χ0n) is 13.4. The molecule has 1 fully saturated rings. The van der Waals surface area contributed by atoms with E-state index in [1.165, 1.54) is 11.3 Å². The van der Waals surface area contributed by atoms with E-state index in [1.807, 2.05) is 10.6 Å². The first-order valence-corrected chi connectivity index (χ1v) is 8.20. The first-order chi connectivity index (χ1) is 11.9. The number of morpholine rings is 1. The fourth-order valence-corrected chi connectivity index (χ4v) is 3.03. The van der Waals surface area contributed by atoms with Crippen LogP contribution in [0.15, 0.2) is 43.0 Å². The van der Waals surface area contributed by atoms with Gasteiger partial charge in [0, 0.05) is 37.7 Å². The highest BCUT2D eigenvalue weighted by Crippen LogP contribution is 2.22. The van der Waals surface area contributed by atoms with Crippen LogP contribution in [-0.4, -0.2) is 52.4 Å². The molecule has 7 nitrogen and oxygen atoms in total. The van der Waals surface area contributed by atoms with Crippen LogP contribution in [0.4, 0.5) is 11.5 Å². The molecule has 2 aromatic heterocycles. The molecule has 3 aromatic rings. The van der Waals surface area contributed by atoms with Gasteiger partial charge in [-0.3, -0.25) is 4.40 Å². The molecular formula is C17H20N6O. The van der Waals surface area contributed by atoms with Crippen LogP contribution in [0, 0.1) is 0 Å². The van der Waals surface area contributed by atoms with E-state index in [4.69, 9.17) is 4.74 Å². The molecule has 1 aliphatic heterocycles. The average Bonchev–Trinajstić information content (AvgIpc) is 3.12. The summed E-state index contributed by atoms with van der Waals surface area (Å²) in [5.74, 6) is 0.763. The fraction of sp³-hybridized carbons (Fsp3) is 0.353. The zero-order chi connectivity index (χ0) is 16.2. The molecule has 7 heteroatoms. The number of nitrogens with zero attached hydrogens (tertiary/aromatic N) is 5. The number of nitrogens with one attached hydrogen (secondary N) is 1. The Morgan fingerprint density at radius 3 is 2.96 bits per heavy atom. The SMILES string of the molecule is c1ccc(N2CCOCC2)c(CCNc2nccn3cnnc23)c1. The number of benzene rings is 1. The van der Waals surface area contributed by atoms with Gasteiger partial charge in [-0.25, -0.2) is 4.98 Å². The van der Waals surface area contributed by atoms with Gasteiger partial charge in [0.2, 0.25) is 5.65 Å². The summed E-state index contributed by atoms with van der Waals surface area (Å²) in [6, 6.07) is 8.58. The molecule has 0 saturated carbocycles. The van der Waals surface area contributed by atoms with Crippen molar-refractivity contribution in [1.82, 2.24) is 19.6 Å². The third kappa shape index (κ3) is 3.03. The molecule has 0 unspecified atom stereocenters. The van der Waals surface area contributed by atoms with Crippen LogP contribution in [0.5, 0.6) is 0 Å². The summed E-state index contributed by atoms with van der Waals surface area (Å²) < 4.78 is 7.31. The highest BCUT2D eigenvalue weighted by atomic mass is 16.5. The Kier molecular flexibility index (Phi) is 4.24. The lowest BCUT2D eigenvalue weighted by Gasteiger charge is -2.30. The van der Waals surface area contributed by atoms with Crippen LogP contribution < -0.4 is 10.2 Å². The normalized spacial score (nSPS) is 14.9. The predicted octanol–water partition coefficient (Wildman–Crippen LogP) is 1.62. The summed E-state index contributed by atoms with van der Waals surface area (Å²) >= 11 is 0. The zero-order valence-corrected chi connectivity index (χ0v) is 13.4. The van der Waals surface area contributed by atoms with E-state index in [-0.39, 0.29) is 0 Å². The van der Waals surface area contributed by atoms with E-state index < -0.39 is 0 Å². The Morgan fingerprint density at radius 1 is 1.17 bits per heavy atom. The van der Waals surface area contributed by atoms with Crippen molar-refractivity contribution in [3.05, 3.63) is 48.5 Å². The largest absolute Gasteiger partial charge is 0.378 e. The summed E-state index contributed by atoms with van der Waals surface area (Å²) in [6.45, 7) is 4.29. The highest BCUT2D eigenvalue weighted by molar-refractivity contribution is 5.61. The molecule has 0 atom stereocenters. The molecule has 0 amide bonds. The Labute approximate surface area is 140 Å². The van der Waals surface area contributed by atoms with E-state index >= 15 is 0 Å². The molecule has 4 rings (SSSR count). The minimum atomic E-state index is 0.749. The maximum absolute atomic E-state index is 5.46. The van der Waals surface area contributed by atoms with Gasteiger partial charge < -0.3 is 15.0 Å². The molecule has 24 heavy (non-hydrogen) atoms. The summed E-state index contributed by atoms with van der Waals surface area (Å²) in [4.78, 5) is 6.76. The monoisotopic (exact) mass is 324 g/mol. The molecule has 1 N–H and O–H groups in total. The molecule has 0 aliphatic carbocycles. The number of anilines is 2. The van der Waals surface area contributed by atoms with Crippen molar-refractivity contribution in [3.8, 4) is 0 Å². The standard InChI is InChI=1S/C17H20N6O/c1-2-4-15(22-9-11-24-12-10-22)14(3-1)5-6-18-16-17-21-20-13-23(17)8-7-19-16/h1-4,7-8,13H,5-6,9-12H2,(H,18,19). The second-order valence-electron chi connectivity index (χ2n) is 5.74. The third-order valence-electron chi connectivity index (χ3n) is 4.25. The van der Waals surface area contributed by atoms with Gasteiger partial charge >= 0.3 is 0 Å². The second-order valence-corrected chi connectivity index (χ2v) is 5.74. The summed E-state index contributed by atoms with van der Waals surface area (Å²) in [5.41, 5.74) is 3.38. The maximum Gasteiger partial charge on any atom is 0.203 e. The van der Waals surface area contributed by atoms with Gasteiger partial charge in [0.05, 0.1) is 13.2 Å². The number of hydrogen-bond donors (Lipinski definition) is 1. The van der Waals surface area contributed by atoms with Crippen molar-refractivity contribution >= 4 is 17.2 Å². The topological polar surface area (TPSA) is 67.6 Å². The van der Waals surface area contributed by atoms with Crippen LogP contribution >= 0.6 is 0 Å². The fourth-order valence-electron chi connectivity index (χ4n) is 3.03. The second kappa shape index (κ2) is 6.84. The van der Waals surface area contributed by atoms with Crippen LogP contribution in [0.2, 0.25) is 0 Å². The number of para-hydroxylation sites is 1. The van der Waals surface area contributed by atoms with Gasteiger partial charge in [-0.1, -0.05) is 18.2 Å². The third-order valence-corrected chi connectivity index (χ3v) is 4.25. The van der Waals surface area contributed by atoms with Crippen molar-refractivity contribution in [2.45, 2.75) is 6.42 Å². The molecule has 0 radical (unpaired) electrons. The van der Waals surface area contributed by atoms with E-state index in [0.29, 0.717) is 0 Å². The lowest BCUT2D eigenvalue weighted by atomic mass is 10.1. The van der Waals surface area contributed by atoms with Crippen molar-refractivity contribution in [3.63, 3.8) is 0 Å². The van der Waals surface area contributed by atoms with Crippen molar-refractivity contribution in [1.29, 1.82) is 0 Å². The molecular weight excluding hydrogens is 304 g/mol. The number of aromatic nitrogens is 4. The summed E-state index contributed by atoms with van der Waals surface area (Å²) in [7, 11) is 0. The van der Waals surface area contributed by atoms with Crippen molar-refractivity contribution < 1.29 is 4.74 Å². The lowest BCUT2D eigenvalue weighted by molar-refractivity contribution is 0.122. The molecule has 1 aromatic carbocycles. The van der Waals surface area contributed by atoms with Gasteiger partial charge in [0.15, 0.2) is 5.82 Å². The summed E-state index contributed by atoms with van der Waals surface area (Å²) in [6.07, 6.45) is 6.19. The van der Waals surface area contributed by atoms with Gasteiger partial charge in [-0.2, -0.15) is 0 Å². The quantitative estimate of drug-likeness (QED) is 0.769. The van der Waals surface area contributed by atoms with Gasteiger partial charge in [0.1, 0.15) is 6.33 Å². The molecule has 1 aliphatic rings. The number of fused-ring (bicyclic) bond motifs is 1. The van der Waals surface area contributed by atoms with E-state index in [0.717, 1.165) is 50.7 Å². The van der Waals surface area contributed by atoms with E-state index in [1.54, 1.807) is 12.5 Å². The maximum atomic E-state index is 5.46. The lowest BCUT2D eigenvalue weighted by Crippen LogP contribution is -2.36. The molecule has 0 bridgehead atoms. The Bertz CT molecular complexity index is 811. The van der Waals surface area contributed by atoms with E-state index in [9.17, 15) is 0 Å². The minimum Gasteiger partial charge on any atom is -0.378 e. The van der Waals surface area contributed by atoms with Crippen molar-refractivity contribution in [2.24, 2.45) is 0 Å². The highest BCUT2D eigenvalue weighted by Gasteiger charge is 2.14. The average molecular weight is 324 g/mol. The molecule has 0 spiro atoms. The predicted molar refractivity (Wildman–Crippen MR) is 92.4 cm³/mol. The molecule has 3 heterocycles. The summed E-state index contributed by atoms with van der Waals surface area (Å²) in [5, 5.41) is 11.4. The van der Waals surface area contributed by atoms with Crippen LogP contribution in [0.3, 0.4) is 0 Å². The van der Waals surface area contributed by atoms with Gasteiger partial charge in [0.25, 0.3) is 0 Å². The smallest absolute Gasteiger partial charge is 0.203 e. The Balaban J connectivity index is 1.45. The first-order valence-electron chi connectivity index (χ1n) is 8.20. The van der Waals surface area contributed by atoms with E-state index in [2.05, 4.69) is 49.7 Å². The Morgan fingerprint density at radius 2 is 2.04 bits per heavy atom. The van der Waals surface area contributed by atoms with Gasteiger partial charge in [-0.05, 0) is 18.1 Å². The molecule has 1 saturated heterocycles. The minimum absolute atomic E-state index is 0.749. The van der Waals surface area contributed by atoms with Crippen molar-refractivity contribution in [2.75, 3.05) is 43.1 Å². The number of hydrogen-bond acceptors (Lipinski definition) is 6. The molecule has 124 valence electrons. The first kappa shape index (κ1) is 14.9. The van der Waals surface area contributed by atoms with Crippen LogP contribution in [0.1, 0.15) is 5.56 Å².